The average Bonchev–Trinajstić information content (AvgIpc) is 2.65. The van der Waals surface area contributed by atoms with Gasteiger partial charge in [0.15, 0.2) is 0 Å². The highest BCUT2D eigenvalue weighted by molar-refractivity contribution is 5.60. The molecule has 16 heavy (non-hydrogen) atoms. The Balaban J connectivity index is 2.11. The molecule has 4 N–H and O–H groups in total. The molecule has 2 aromatic rings. The van der Waals surface area contributed by atoms with E-state index in [9.17, 15) is 4.39 Å². The van der Waals surface area contributed by atoms with Crippen molar-refractivity contribution in [2.75, 3.05) is 11.1 Å². The molecular formula is C11H13FN4. The Kier molecular flexibility index (Phi) is 2.76. The van der Waals surface area contributed by atoms with Crippen LogP contribution in [0.3, 0.4) is 0 Å². The smallest absolute Gasteiger partial charge is 0.142 e. The van der Waals surface area contributed by atoms with E-state index < -0.39 is 0 Å². The molecule has 0 bridgehead atoms. The van der Waals surface area contributed by atoms with Gasteiger partial charge in [0.05, 0.1) is 11.9 Å². The van der Waals surface area contributed by atoms with Crippen LogP contribution < -0.4 is 11.1 Å². The Morgan fingerprint density at radius 2 is 2.06 bits per heavy atom. The second-order valence-electron chi connectivity index (χ2n) is 3.61. The van der Waals surface area contributed by atoms with Gasteiger partial charge >= 0.3 is 0 Å². The zero-order valence-corrected chi connectivity index (χ0v) is 8.87. The molecule has 0 saturated heterocycles. The number of nitrogens with two attached hydrogens (primary N) is 1. The monoisotopic (exact) mass is 220 g/mol. The van der Waals surface area contributed by atoms with Gasteiger partial charge in [-0.3, -0.25) is 5.10 Å². The van der Waals surface area contributed by atoms with Crippen molar-refractivity contribution in [3.8, 4) is 0 Å². The van der Waals surface area contributed by atoms with E-state index >= 15 is 0 Å². The minimum Gasteiger partial charge on any atom is -0.382 e. The topological polar surface area (TPSA) is 66.7 Å². The van der Waals surface area contributed by atoms with Crippen LogP contribution in [0.15, 0.2) is 30.5 Å². The van der Waals surface area contributed by atoms with Crippen LogP contribution in [0.4, 0.5) is 15.9 Å². The molecule has 1 aromatic carbocycles. The third kappa shape index (κ3) is 2.13. The van der Waals surface area contributed by atoms with Gasteiger partial charge in [-0.15, -0.1) is 0 Å². The summed E-state index contributed by atoms with van der Waals surface area (Å²) in [7, 11) is 0. The Morgan fingerprint density at radius 1 is 1.38 bits per heavy atom. The van der Waals surface area contributed by atoms with Crippen LogP contribution in [0.5, 0.6) is 0 Å². The summed E-state index contributed by atoms with van der Waals surface area (Å²) in [6, 6.07) is 6.39. The van der Waals surface area contributed by atoms with Gasteiger partial charge in [-0.1, -0.05) is 12.1 Å². The zero-order valence-electron chi connectivity index (χ0n) is 8.87. The second kappa shape index (κ2) is 4.22. The van der Waals surface area contributed by atoms with Crippen LogP contribution in [-0.4, -0.2) is 10.2 Å². The third-order valence-electron chi connectivity index (χ3n) is 2.41. The Labute approximate surface area is 92.7 Å². The number of nitrogens with zero attached hydrogens (tertiary/aromatic N) is 1. The molecule has 0 saturated carbocycles. The van der Waals surface area contributed by atoms with Gasteiger partial charge in [-0.2, -0.15) is 5.10 Å². The number of rotatable bonds is 3. The number of hydrogen-bond acceptors (Lipinski definition) is 3. The molecule has 0 aliphatic carbocycles. The quantitative estimate of drug-likeness (QED) is 0.743. The van der Waals surface area contributed by atoms with Gasteiger partial charge in [0.2, 0.25) is 0 Å². The third-order valence-corrected chi connectivity index (χ3v) is 2.41. The fourth-order valence-corrected chi connectivity index (χ4v) is 1.48. The first kappa shape index (κ1) is 10.5. The maximum atomic E-state index is 12.7. The molecule has 4 nitrogen and oxygen atoms in total. The summed E-state index contributed by atoms with van der Waals surface area (Å²) in [5.74, 6) is 0.257. The maximum absolute atomic E-state index is 12.7. The molecule has 2 rings (SSSR count). The van der Waals surface area contributed by atoms with Crippen LogP contribution in [0.25, 0.3) is 0 Å². The number of nitrogen functional groups attached to an aromatic ring is 1. The van der Waals surface area contributed by atoms with Crippen molar-refractivity contribution in [2.45, 2.75) is 13.0 Å². The van der Waals surface area contributed by atoms with Crippen molar-refractivity contribution in [3.63, 3.8) is 0 Å². The van der Waals surface area contributed by atoms with Crippen molar-refractivity contribution in [1.82, 2.24) is 10.2 Å². The molecule has 1 atom stereocenters. The van der Waals surface area contributed by atoms with Crippen molar-refractivity contribution in [2.24, 2.45) is 0 Å². The minimum absolute atomic E-state index is 0.0421. The SMILES string of the molecule is CC(Nc1cn[nH]c1N)c1ccc(F)cc1. The molecule has 0 aliphatic rings. The molecule has 0 aliphatic heterocycles. The van der Waals surface area contributed by atoms with Crippen LogP contribution >= 0.6 is 0 Å². The van der Waals surface area contributed by atoms with E-state index in [1.807, 2.05) is 6.92 Å². The number of anilines is 2. The number of halogens is 1. The highest BCUT2D eigenvalue weighted by atomic mass is 19.1. The Morgan fingerprint density at radius 3 is 2.62 bits per heavy atom. The van der Waals surface area contributed by atoms with Crippen LogP contribution in [-0.2, 0) is 0 Å². The van der Waals surface area contributed by atoms with Gasteiger partial charge in [-0.05, 0) is 24.6 Å². The predicted molar refractivity (Wildman–Crippen MR) is 61.4 cm³/mol. The van der Waals surface area contributed by atoms with Gasteiger partial charge in [0.25, 0.3) is 0 Å². The summed E-state index contributed by atoms with van der Waals surface area (Å²) in [6.45, 7) is 1.97. The summed E-state index contributed by atoms with van der Waals surface area (Å²) in [6.07, 6.45) is 1.62. The molecule has 1 heterocycles. The largest absolute Gasteiger partial charge is 0.382 e. The fourth-order valence-electron chi connectivity index (χ4n) is 1.48. The van der Waals surface area contributed by atoms with Crippen LogP contribution in [0.2, 0.25) is 0 Å². The lowest BCUT2D eigenvalue weighted by molar-refractivity contribution is 0.626. The lowest BCUT2D eigenvalue weighted by atomic mass is 10.1. The molecule has 0 fully saturated rings. The molecule has 0 spiro atoms. The Hall–Kier alpha value is -2.04. The Bertz CT molecular complexity index is 463. The second-order valence-corrected chi connectivity index (χ2v) is 3.61. The van der Waals surface area contributed by atoms with Gasteiger partial charge in [0, 0.05) is 6.04 Å². The summed E-state index contributed by atoms with van der Waals surface area (Å²) in [4.78, 5) is 0. The lowest BCUT2D eigenvalue weighted by Gasteiger charge is -2.14. The first-order valence-corrected chi connectivity index (χ1v) is 4.97. The summed E-state index contributed by atoms with van der Waals surface area (Å²) in [5.41, 5.74) is 7.39. The van der Waals surface area contributed by atoms with Gasteiger partial charge in [-0.25, -0.2) is 4.39 Å². The number of hydrogen-bond donors (Lipinski definition) is 3. The van der Waals surface area contributed by atoms with E-state index in [1.54, 1.807) is 18.3 Å². The van der Waals surface area contributed by atoms with E-state index in [-0.39, 0.29) is 11.9 Å². The number of benzene rings is 1. The highest BCUT2D eigenvalue weighted by Crippen LogP contribution is 2.22. The van der Waals surface area contributed by atoms with E-state index in [0.717, 1.165) is 11.3 Å². The molecule has 5 heteroatoms. The van der Waals surface area contributed by atoms with Crippen LogP contribution in [0, 0.1) is 5.82 Å². The summed E-state index contributed by atoms with van der Waals surface area (Å²) in [5, 5.41) is 9.63. The van der Waals surface area contributed by atoms with Gasteiger partial charge < -0.3 is 11.1 Å². The molecule has 1 aromatic heterocycles. The first-order valence-electron chi connectivity index (χ1n) is 4.97. The number of aromatic nitrogens is 2. The predicted octanol–water partition coefficient (Wildman–Crippen LogP) is 2.30. The number of nitrogens with one attached hydrogen (secondary N) is 2. The van der Waals surface area contributed by atoms with Crippen molar-refractivity contribution in [1.29, 1.82) is 0 Å². The number of aromatic amines is 1. The van der Waals surface area contributed by atoms with Crippen molar-refractivity contribution in [3.05, 3.63) is 41.8 Å². The van der Waals surface area contributed by atoms with E-state index in [1.165, 1.54) is 12.1 Å². The number of H-pyrrole nitrogens is 1. The molecule has 1 unspecified atom stereocenters. The van der Waals surface area contributed by atoms with E-state index in [4.69, 9.17) is 5.73 Å². The summed E-state index contributed by atoms with van der Waals surface area (Å²) >= 11 is 0. The lowest BCUT2D eigenvalue weighted by Crippen LogP contribution is -2.07. The van der Waals surface area contributed by atoms with Crippen molar-refractivity contribution >= 4 is 11.5 Å². The van der Waals surface area contributed by atoms with E-state index in [2.05, 4.69) is 15.5 Å². The zero-order chi connectivity index (χ0) is 11.5. The highest BCUT2D eigenvalue weighted by Gasteiger charge is 2.08. The van der Waals surface area contributed by atoms with E-state index in [0.29, 0.717) is 5.82 Å². The standard InChI is InChI=1S/C11H13FN4/c1-7(8-2-4-9(12)5-3-8)15-10-6-14-16-11(10)13/h2-7,15H,1H3,(H3,13,14,16). The minimum atomic E-state index is -0.237. The normalized spacial score (nSPS) is 12.4. The maximum Gasteiger partial charge on any atom is 0.142 e. The van der Waals surface area contributed by atoms with Gasteiger partial charge in [0.1, 0.15) is 11.6 Å². The molecular weight excluding hydrogens is 207 g/mol. The van der Waals surface area contributed by atoms with Crippen LogP contribution in [0.1, 0.15) is 18.5 Å². The molecule has 84 valence electrons. The first-order chi connectivity index (χ1) is 7.66. The average molecular weight is 220 g/mol. The molecule has 0 radical (unpaired) electrons. The fraction of sp³-hybridized carbons (Fsp3) is 0.182. The van der Waals surface area contributed by atoms with Crippen molar-refractivity contribution < 1.29 is 4.39 Å². The molecule has 0 amide bonds. The summed E-state index contributed by atoms with van der Waals surface area (Å²) < 4.78 is 12.7.